The summed E-state index contributed by atoms with van der Waals surface area (Å²) in [5, 5.41) is 3.90. The fourth-order valence-corrected chi connectivity index (χ4v) is 4.61. The highest BCUT2D eigenvalue weighted by Crippen LogP contribution is 2.40. The molecule has 2 heterocycles. The summed E-state index contributed by atoms with van der Waals surface area (Å²) in [6.07, 6.45) is 1.43. The van der Waals surface area contributed by atoms with Crippen LogP contribution in [-0.2, 0) is 30.2 Å². The number of carbonyl (C=O) groups is 2. The standard InChI is InChI=1S/C24H36BN5O5/c1-17(26)20(31)30-14-19(11-12-25-34-22(2,3)23(4,5)35-25)13-24(16-30,28-29-27)21(32)33-15-18-9-7-6-8-10-18/h6-10,17,19H,11-16,26H2,1-5H3/t17-,19-,24-/m0/s1. The van der Waals surface area contributed by atoms with Gasteiger partial charge in [-0.25, -0.2) is 0 Å². The molecule has 1 aromatic rings. The Balaban J connectivity index is 1.77. The maximum Gasteiger partial charge on any atom is 0.457 e. The number of likely N-dealkylation sites (tertiary alicyclic amines) is 1. The number of rotatable bonds is 8. The van der Waals surface area contributed by atoms with Gasteiger partial charge < -0.3 is 24.7 Å². The number of nitrogens with two attached hydrogens (primary N) is 1. The number of azide groups is 1. The lowest BCUT2D eigenvalue weighted by atomic mass is 9.74. The Bertz CT molecular complexity index is 950. The van der Waals surface area contributed by atoms with E-state index >= 15 is 0 Å². The van der Waals surface area contributed by atoms with Crippen molar-refractivity contribution in [2.45, 2.75) is 83.2 Å². The van der Waals surface area contributed by atoms with Crippen LogP contribution in [0.2, 0.25) is 6.32 Å². The lowest BCUT2D eigenvalue weighted by Gasteiger charge is -2.42. The molecule has 35 heavy (non-hydrogen) atoms. The molecular weight excluding hydrogens is 449 g/mol. The maximum atomic E-state index is 13.3. The van der Waals surface area contributed by atoms with E-state index in [1.54, 1.807) is 6.92 Å². The lowest BCUT2D eigenvalue weighted by molar-refractivity contribution is -0.156. The maximum absolute atomic E-state index is 13.3. The lowest BCUT2D eigenvalue weighted by Crippen LogP contribution is -2.59. The zero-order valence-electron chi connectivity index (χ0n) is 21.3. The predicted octanol–water partition coefficient (Wildman–Crippen LogP) is 3.46. The van der Waals surface area contributed by atoms with Crippen molar-refractivity contribution in [3.8, 4) is 0 Å². The van der Waals surface area contributed by atoms with Crippen LogP contribution in [0.4, 0.5) is 0 Å². The van der Waals surface area contributed by atoms with E-state index in [-0.39, 0.29) is 31.4 Å². The average Bonchev–Trinajstić information content (AvgIpc) is 3.02. The molecule has 0 saturated carbocycles. The quantitative estimate of drug-likeness (QED) is 0.197. The summed E-state index contributed by atoms with van der Waals surface area (Å²) < 4.78 is 17.8. The molecule has 0 bridgehead atoms. The second-order valence-electron chi connectivity index (χ2n) is 10.6. The van der Waals surface area contributed by atoms with E-state index in [0.717, 1.165) is 5.56 Å². The molecular formula is C24H36BN5O5. The second-order valence-corrected chi connectivity index (χ2v) is 10.6. The number of hydrogen-bond acceptors (Lipinski definition) is 7. The summed E-state index contributed by atoms with van der Waals surface area (Å²) in [4.78, 5) is 30.6. The largest absolute Gasteiger partial charge is 0.460 e. The predicted molar refractivity (Wildman–Crippen MR) is 132 cm³/mol. The van der Waals surface area contributed by atoms with Gasteiger partial charge in [-0.15, -0.1) is 0 Å². The number of nitrogens with zero attached hydrogens (tertiary/aromatic N) is 4. The van der Waals surface area contributed by atoms with E-state index in [1.807, 2.05) is 58.0 Å². The Hall–Kier alpha value is -2.59. The summed E-state index contributed by atoms with van der Waals surface area (Å²) in [5.74, 6) is -1.10. The van der Waals surface area contributed by atoms with Crippen LogP contribution in [0.25, 0.3) is 10.4 Å². The minimum Gasteiger partial charge on any atom is -0.460 e. The van der Waals surface area contributed by atoms with Gasteiger partial charge in [-0.1, -0.05) is 41.9 Å². The average molecular weight is 485 g/mol. The molecule has 190 valence electrons. The molecule has 0 aliphatic carbocycles. The normalized spacial score (nSPS) is 26.1. The van der Waals surface area contributed by atoms with Crippen molar-refractivity contribution in [3.05, 3.63) is 46.3 Å². The van der Waals surface area contributed by atoms with E-state index in [4.69, 9.17) is 19.8 Å². The molecule has 2 aliphatic heterocycles. The smallest absolute Gasteiger partial charge is 0.457 e. The second kappa shape index (κ2) is 10.6. The fraction of sp³-hybridized carbons (Fsp3) is 0.667. The Kier molecular flexibility index (Phi) is 8.16. The Labute approximate surface area is 207 Å². The van der Waals surface area contributed by atoms with E-state index in [1.165, 1.54) is 4.90 Å². The summed E-state index contributed by atoms with van der Waals surface area (Å²) >= 11 is 0. The molecule has 3 atom stereocenters. The zero-order valence-corrected chi connectivity index (χ0v) is 21.3. The van der Waals surface area contributed by atoms with Gasteiger partial charge in [-0.2, -0.15) is 0 Å². The monoisotopic (exact) mass is 485 g/mol. The van der Waals surface area contributed by atoms with E-state index < -0.39 is 35.9 Å². The molecule has 2 N–H and O–H groups in total. The van der Waals surface area contributed by atoms with Gasteiger partial charge in [0.1, 0.15) is 6.61 Å². The van der Waals surface area contributed by atoms with Crippen molar-refractivity contribution in [1.82, 2.24) is 4.90 Å². The van der Waals surface area contributed by atoms with Crippen LogP contribution >= 0.6 is 0 Å². The summed E-state index contributed by atoms with van der Waals surface area (Å²) in [6.45, 7) is 9.93. The van der Waals surface area contributed by atoms with E-state index in [0.29, 0.717) is 19.3 Å². The summed E-state index contributed by atoms with van der Waals surface area (Å²) in [5.41, 5.74) is 13.6. The number of ether oxygens (including phenoxy) is 1. The topological polar surface area (TPSA) is 140 Å². The van der Waals surface area contributed by atoms with Crippen LogP contribution in [0.15, 0.2) is 35.4 Å². The number of amides is 1. The van der Waals surface area contributed by atoms with Crippen molar-refractivity contribution in [3.63, 3.8) is 0 Å². The van der Waals surface area contributed by atoms with Gasteiger partial charge in [0.25, 0.3) is 0 Å². The van der Waals surface area contributed by atoms with Gasteiger partial charge in [0, 0.05) is 18.0 Å². The van der Waals surface area contributed by atoms with Crippen LogP contribution in [0, 0.1) is 5.92 Å². The van der Waals surface area contributed by atoms with Gasteiger partial charge in [0.15, 0.2) is 5.54 Å². The zero-order chi connectivity index (χ0) is 25.9. The van der Waals surface area contributed by atoms with E-state index in [9.17, 15) is 15.1 Å². The molecule has 10 nitrogen and oxygen atoms in total. The number of benzene rings is 1. The van der Waals surface area contributed by atoms with Gasteiger partial charge in [-0.05, 0) is 64.4 Å². The Morgan fingerprint density at radius 3 is 2.46 bits per heavy atom. The van der Waals surface area contributed by atoms with Crippen LogP contribution in [0.3, 0.4) is 0 Å². The fourth-order valence-electron chi connectivity index (χ4n) is 4.61. The van der Waals surface area contributed by atoms with Crippen molar-refractivity contribution in [2.24, 2.45) is 16.8 Å². The van der Waals surface area contributed by atoms with Crippen LogP contribution in [0.5, 0.6) is 0 Å². The highest BCUT2D eigenvalue weighted by Gasteiger charge is 2.52. The first-order valence-electron chi connectivity index (χ1n) is 12.1. The molecule has 0 aromatic heterocycles. The third-order valence-corrected chi connectivity index (χ3v) is 7.20. The van der Waals surface area contributed by atoms with Crippen molar-refractivity contribution < 1.29 is 23.6 Å². The van der Waals surface area contributed by atoms with Gasteiger partial charge >= 0.3 is 13.1 Å². The number of esters is 1. The molecule has 0 radical (unpaired) electrons. The first-order valence-corrected chi connectivity index (χ1v) is 12.1. The molecule has 3 rings (SSSR count). The highest BCUT2D eigenvalue weighted by molar-refractivity contribution is 6.45. The van der Waals surface area contributed by atoms with Gasteiger partial charge in [0.2, 0.25) is 5.91 Å². The Morgan fingerprint density at radius 2 is 1.89 bits per heavy atom. The summed E-state index contributed by atoms with van der Waals surface area (Å²) in [7, 11) is -0.404. The highest BCUT2D eigenvalue weighted by atomic mass is 16.7. The molecule has 0 spiro atoms. The molecule has 2 saturated heterocycles. The molecule has 1 amide bonds. The molecule has 2 aliphatic rings. The molecule has 0 unspecified atom stereocenters. The Morgan fingerprint density at radius 1 is 1.26 bits per heavy atom. The van der Waals surface area contributed by atoms with Crippen molar-refractivity contribution >= 4 is 19.0 Å². The third kappa shape index (κ3) is 6.16. The molecule has 2 fully saturated rings. The van der Waals surface area contributed by atoms with Crippen molar-refractivity contribution in [2.75, 3.05) is 13.1 Å². The van der Waals surface area contributed by atoms with E-state index in [2.05, 4.69) is 10.0 Å². The van der Waals surface area contributed by atoms with Crippen LogP contribution in [0.1, 0.15) is 53.0 Å². The minimum absolute atomic E-state index is 0.0438. The molecule has 1 aromatic carbocycles. The number of carbonyl (C=O) groups excluding carboxylic acids is 2. The third-order valence-electron chi connectivity index (χ3n) is 7.20. The first kappa shape index (κ1) is 27.0. The minimum atomic E-state index is -1.53. The van der Waals surface area contributed by atoms with Crippen molar-refractivity contribution in [1.29, 1.82) is 0 Å². The van der Waals surface area contributed by atoms with Crippen LogP contribution in [-0.4, -0.2) is 59.8 Å². The number of hydrogen-bond donors (Lipinski definition) is 1. The van der Waals surface area contributed by atoms with Gasteiger partial charge in [0.05, 0.1) is 17.2 Å². The first-order chi connectivity index (χ1) is 16.4. The number of piperidine rings is 1. The van der Waals surface area contributed by atoms with Crippen LogP contribution < -0.4 is 5.73 Å². The summed E-state index contributed by atoms with van der Waals surface area (Å²) in [6, 6.07) is 8.50. The SMILES string of the molecule is C[C@H](N)C(=O)N1C[C@@H](CCB2OC(C)(C)C(C)(C)O2)C[C@@](N=[N+]=[N-])(C(=O)OCc2ccccc2)C1. The molecule has 11 heteroatoms. The van der Waals surface area contributed by atoms with Gasteiger partial charge in [-0.3, -0.25) is 9.59 Å².